The molecule has 0 saturated heterocycles. The maximum atomic E-state index is 5.96. The second-order valence-corrected chi connectivity index (χ2v) is 4.40. The monoisotopic (exact) mass is 261 g/mol. The van der Waals surface area contributed by atoms with E-state index in [-0.39, 0.29) is 12.6 Å². The third-order valence-corrected chi connectivity index (χ3v) is 2.78. The van der Waals surface area contributed by atoms with E-state index in [9.17, 15) is 0 Å². The van der Waals surface area contributed by atoms with Crippen LogP contribution >= 0.6 is 0 Å². The van der Waals surface area contributed by atoms with Crippen molar-refractivity contribution in [3.05, 3.63) is 42.0 Å². The second-order valence-electron chi connectivity index (χ2n) is 4.40. The van der Waals surface area contributed by atoms with Gasteiger partial charge in [-0.25, -0.2) is 0 Å². The van der Waals surface area contributed by atoms with Gasteiger partial charge in [0.05, 0.1) is 6.04 Å². The van der Waals surface area contributed by atoms with Crippen LogP contribution < -0.4 is 10.5 Å². The van der Waals surface area contributed by atoms with Crippen molar-refractivity contribution in [2.24, 2.45) is 5.73 Å². The molecule has 2 N–H and O–H groups in total. The highest BCUT2D eigenvalue weighted by molar-refractivity contribution is 5.20. The molecule has 0 saturated carbocycles. The van der Waals surface area contributed by atoms with Crippen LogP contribution in [0.2, 0.25) is 0 Å². The van der Waals surface area contributed by atoms with Crippen LogP contribution in [0.25, 0.3) is 0 Å². The minimum atomic E-state index is -0.182. The Bertz CT molecular complexity index is 484. The van der Waals surface area contributed by atoms with Gasteiger partial charge in [0, 0.05) is 0 Å². The average molecular weight is 261 g/mol. The summed E-state index contributed by atoms with van der Waals surface area (Å²) in [7, 11) is 0. The Hall–Kier alpha value is -1.88. The molecule has 1 aromatic heterocycles. The molecule has 5 nitrogen and oxygen atoms in total. The first-order chi connectivity index (χ1) is 9.29. The molecule has 0 unspecified atom stereocenters. The van der Waals surface area contributed by atoms with Gasteiger partial charge < -0.3 is 15.0 Å². The summed E-state index contributed by atoms with van der Waals surface area (Å²) in [5, 5.41) is 3.87. The Morgan fingerprint density at radius 3 is 2.84 bits per heavy atom. The fraction of sp³-hybridized carbons (Fsp3) is 0.429. The summed E-state index contributed by atoms with van der Waals surface area (Å²) in [6.07, 6.45) is 3.02. The van der Waals surface area contributed by atoms with Gasteiger partial charge in [-0.15, -0.1) is 0 Å². The third kappa shape index (κ3) is 4.06. The number of nitrogens with two attached hydrogens (primary N) is 1. The van der Waals surface area contributed by atoms with Gasteiger partial charge in [0.2, 0.25) is 11.7 Å². The lowest BCUT2D eigenvalue weighted by atomic mass is 10.1. The van der Waals surface area contributed by atoms with Crippen molar-refractivity contribution in [2.75, 3.05) is 0 Å². The smallest absolute Gasteiger partial charge is 0.243 e. The minimum Gasteiger partial charge on any atom is -0.485 e. The van der Waals surface area contributed by atoms with Crippen molar-refractivity contribution in [3.8, 4) is 5.75 Å². The first kappa shape index (κ1) is 13.5. The van der Waals surface area contributed by atoms with E-state index in [1.807, 2.05) is 30.3 Å². The molecule has 1 heterocycles. The SMILES string of the molecule is CCCC[C@H](N)c1nc(COc2ccccc2)no1. The van der Waals surface area contributed by atoms with E-state index in [0.29, 0.717) is 11.7 Å². The highest BCUT2D eigenvalue weighted by atomic mass is 16.5. The fourth-order valence-corrected chi connectivity index (χ4v) is 1.69. The van der Waals surface area contributed by atoms with E-state index in [0.717, 1.165) is 25.0 Å². The molecule has 1 aromatic carbocycles. The molecular formula is C14H19N3O2. The van der Waals surface area contributed by atoms with E-state index in [1.54, 1.807) is 0 Å². The Balaban J connectivity index is 1.87. The summed E-state index contributed by atoms with van der Waals surface area (Å²) < 4.78 is 10.7. The zero-order valence-corrected chi connectivity index (χ0v) is 11.1. The zero-order chi connectivity index (χ0) is 13.5. The molecule has 19 heavy (non-hydrogen) atoms. The second kappa shape index (κ2) is 6.89. The first-order valence-corrected chi connectivity index (χ1v) is 6.55. The van der Waals surface area contributed by atoms with E-state index in [2.05, 4.69) is 17.1 Å². The summed E-state index contributed by atoms with van der Waals surface area (Å²) in [5.74, 6) is 1.79. The van der Waals surface area contributed by atoms with Crippen LogP contribution in [0.1, 0.15) is 43.9 Å². The summed E-state index contributed by atoms with van der Waals surface area (Å²) in [6.45, 7) is 2.41. The van der Waals surface area contributed by atoms with Crippen LogP contribution in [-0.4, -0.2) is 10.1 Å². The lowest BCUT2D eigenvalue weighted by molar-refractivity contribution is 0.283. The van der Waals surface area contributed by atoms with Gasteiger partial charge in [-0.1, -0.05) is 43.1 Å². The molecule has 0 aliphatic carbocycles. The molecular weight excluding hydrogens is 242 g/mol. The highest BCUT2D eigenvalue weighted by Crippen LogP contribution is 2.15. The Morgan fingerprint density at radius 2 is 2.11 bits per heavy atom. The van der Waals surface area contributed by atoms with Gasteiger partial charge in [-0.3, -0.25) is 0 Å². The van der Waals surface area contributed by atoms with Crippen molar-refractivity contribution in [2.45, 2.75) is 38.8 Å². The zero-order valence-electron chi connectivity index (χ0n) is 11.1. The maximum Gasteiger partial charge on any atom is 0.243 e. The minimum absolute atomic E-state index is 0.182. The number of rotatable bonds is 7. The molecule has 0 amide bonds. The molecule has 102 valence electrons. The van der Waals surface area contributed by atoms with Gasteiger partial charge in [-0.2, -0.15) is 4.98 Å². The predicted octanol–water partition coefficient (Wildman–Crippen LogP) is 2.84. The number of nitrogens with zero attached hydrogens (tertiary/aromatic N) is 2. The quantitative estimate of drug-likeness (QED) is 0.829. The topological polar surface area (TPSA) is 74.2 Å². The average Bonchev–Trinajstić information content (AvgIpc) is 2.92. The Morgan fingerprint density at radius 1 is 1.32 bits per heavy atom. The van der Waals surface area contributed by atoms with Crippen molar-refractivity contribution in [1.82, 2.24) is 10.1 Å². The van der Waals surface area contributed by atoms with Crippen LogP contribution in [0, 0.1) is 0 Å². The van der Waals surface area contributed by atoms with Crippen molar-refractivity contribution >= 4 is 0 Å². The summed E-state index contributed by atoms with van der Waals surface area (Å²) in [5.41, 5.74) is 5.96. The Kier molecular flexibility index (Phi) is 4.92. The number of unbranched alkanes of at least 4 members (excludes halogenated alkanes) is 1. The van der Waals surface area contributed by atoms with Crippen molar-refractivity contribution < 1.29 is 9.26 Å². The molecule has 0 radical (unpaired) electrons. The van der Waals surface area contributed by atoms with Crippen LogP contribution in [-0.2, 0) is 6.61 Å². The molecule has 0 aliphatic heterocycles. The van der Waals surface area contributed by atoms with Gasteiger partial charge in [0.25, 0.3) is 0 Å². The number of hydrogen-bond donors (Lipinski definition) is 1. The predicted molar refractivity (Wildman–Crippen MR) is 71.5 cm³/mol. The molecule has 0 aliphatic rings. The highest BCUT2D eigenvalue weighted by Gasteiger charge is 2.14. The molecule has 2 aromatic rings. The maximum absolute atomic E-state index is 5.96. The van der Waals surface area contributed by atoms with Gasteiger partial charge >= 0.3 is 0 Å². The van der Waals surface area contributed by atoms with E-state index < -0.39 is 0 Å². The summed E-state index contributed by atoms with van der Waals surface area (Å²) >= 11 is 0. The number of benzene rings is 1. The molecule has 5 heteroatoms. The first-order valence-electron chi connectivity index (χ1n) is 6.55. The van der Waals surface area contributed by atoms with Gasteiger partial charge in [0.15, 0.2) is 6.61 Å². The number of aromatic nitrogens is 2. The van der Waals surface area contributed by atoms with Gasteiger partial charge in [0.1, 0.15) is 5.75 Å². The lowest BCUT2D eigenvalue weighted by Crippen LogP contribution is -2.10. The molecule has 2 rings (SSSR count). The molecule has 0 fully saturated rings. The van der Waals surface area contributed by atoms with E-state index in [4.69, 9.17) is 15.0 Å². The largest absolute Gasteiger partial charge is 0.485 e. The van der Waals surface area contributed by atoms with Crippen molar-refractivity contribution in [3.63, 3.8) is 0 Å². The molecule has 1 atom stereocenters. The standard InChI is InChI=1S/C14H19N3O2/c1-2-3-9-12(15)14-16-13(17-19-14)10-18-11-7-5-4-6-8-11/h4-8,12H,2-3,9-10,15H2,1H3/t12-/m0/s1. The summed E-state index contributed by atoms with van der Waals surface area (Å²) in [4.78, 5) is 4.25. The van der Waals surface area contributed by atoms with Crippen LogP contribution in [0.5, 0.6) is 5.75 Å². The van der Waals surface area contributed by atoms with Gasteiger partial charge in [-0.05, 0) is 18.6 Å². The van der Waals surface area contributed by atoms with E-state index in [1.165, 1.54) is 0 Å². The normalized spacial score (nSPS) is 12.3. The van der Waals surface area contributed by atoms with Crippen LogP contribution in [0.4, 0.5) is 0 Å². The lowest BCUT2D eigenvalue weighted by Gasteiger charge is -2.04. The molecule has 0 spiro atoms. The summed E-state index contributed by atoms with van der Waals surface area (Å²) in [6, 6.07) is 9.35. The number of ether oxygens (including phenoxy) is 1. The van der Waals surface area contributed by atoms with Crippen LogP contribution in [0.3, 0.4) is 0 Å². The Labute approximate surface area is 112 Å². The van der Waals surface area contributed by atoms with Crippen LogP contribution in [0.15, 0.2) is 34.9 Å². The number of hydrogen-bond acceptors (Lipinski definition) is 5. The number of para-hydroxylation sites is 1. The van der Waals surface area contributed by atoms with Crippen molar-refractivity contribution in [1.29, 1.82) is 0 Å². The third-order valence-electron chi connectivity index (χ3n) is 2.78. The fourth-order valence-electron chi connectivity index (χ4n) is 1.69. The van der Waals surface area contributed by atoms with E-state index >= 15 is 0 Å². The molecule has 0 bridgehead atoms.